The van der Waals surface area contributed by atoms with Gasteiger partial charge < -0.3 is 5.73 Å². The van der Waals surface area contributed by atoms with E-state index in [1.165, 1.54) is 12.8 Å². The Balaban J connectivity index is -0.00000000800. The van der Waals surface area contributed by atoms with Crippen molar-refractivity contribution in [3.63, 3.8) is 0 Å². The van der Waals surface area contributed by atoms with E-state index < -0.39 is 0 Å². The van der Waals surface area contributed by atoms with Gasteiger partial charge in [-0.3, -0.25) is 18.8 Å². The third-order valence-corrected chi connectivity index (χ3v) is 0.558. The molecule has 0 saturated heterocycles. The first-order valence-electron chi connectivity index (χ1n) is 2.12. The van der Waals surface area contributed by atoms with Crippen molar-refractivity contribution in [1.29, 1.82) is 0 Å². The Labute approximate surface area is 60.4 Å². The number of hydrogen-bond acceptors (Lipinski definition) is 1. The topological polar surface area (TPSA) is 26.0 Å². The Bertz CT molecular complexity index is 24.7. The number of rotatable bonds is 2. The van der Waals surface area contributed by atoms with Gasteiger partial charge >= 0.3 is 0 Å². The molecule has 0 saturated carbocycles. The molecule has 2 N–H and O–H groups in total. The molecule has 0 fully saturated rings. The zero-order valence-corrected chi connectivity index (χ0v) is 5.91. The third kappa shape index (κ3) is 116. The quantitative estimate of drug-likeness (QED) is 0.477. The molecule has 0 aromatic heterocycles. The summed E-state index contributed by atoms with van der Waals surface area (Å²) in [6.07, 6.45) is 2.39. The van der Waals surface area contributed by atoms with Crippen molar-refractivity contribution in [2.45, 2.75) is 19.8 Å². The summed E-state index contributed by atoms with van der Waals surface area (Å²) in [6.45, 7) is 2.98. The largest absolute Gasteiger partial charge is 0.330 e. The van der Waals surface area contributed by atoms with Crippen LogP contribution in [0.5, 0.6) is 0 Å². The van der Waals surface area contributed by atoms with Gasteiger partial charge in [-0.05, 0) is 13.0 Å². The van der Waals surface area contributed by atoms with Gasteiger partial charge in [-0.2, -0.15) is 0 Å². The zero-order chi connectivity index (χ0) is 4.12. The molecule has 0 aliphatic carbocycles. The van der Waals surface area contributed by atoms with E-state index in [-0.39, 0.29) is 27.2 Å². The molecule has 0 aromatic carbocycles. The lowest BCUT2D eigenvalue weighted by molar-refractivity contribution is 0.807. The molecule has 10 heavy (non-hydrogen) atoms. The van der Waals surface area contributed by atoms with E-state index in [1.54, 1.807) is 0 Å². The molecule has 0 aliphatic heterocycles. The lowest BCUT2D eigenvalue weighted by Gasteiger charge is -1.80. The first-order chi connectivity index (χ1) is 2.41. The molecule has 0 heterocycles. The van der Waals surface area contributed by atoms with Crippen LogP contribution < -0.4 is 5.73 Å². The second-order valence-electron chi connectivity index (χ2n) is 1.14. The molecule has 0 rings (SSSR count). The number of hydrogen-bond donors (Lipinski definition) is 1. The van der Waals surface area contributed by atoms with Gasteiger partial charge in [0.15, 0.2) is 0 Å². The lowest BCUT2D eigenvalue weighted by Crippen LogP contribution is -1.95. The summed E-state index contributed by atoms with van der Waals surface area (Å²) in [5.74, 6) is 0. The number of nitrogens with two attached hydrogens (primary N) is 1. The van der Waals surface area contributed by atoms with Gasteiger partial charge in [-0.1, -0.05) is 13.3 Å². The molecular weight excluding hydrogens is 149 g/mol. The smallest absolute Gasteiger partial charge is 0 e. The van der Waals surface area contributed by atoms with E-state index in [4.69, 9.17) is 5.73 Å². The predicted molar refractivity (Wildman–Crippen MR) is 39.7 cm³/mol. The van der Waals surface area contributed by atoms with E-state index in [0.717, 1.165) is 6.54 Å². The highest BCUT2D eigenvalue weighted by molar-refractivity contribution is 5.75. The van der Waals surface area contributed by atoms with Crippen molar-refractivity contribution in [3.05, 3.63) is 0 Å². The summed E-state index contributed by atoms with van der Waals surface area (Å²) in [6, 6.07) is 0. The summed E-state index contributed by atoms with van der Waals surface area (Å²) in [7, 11) is 0. The molecule has 3 radical (unpaired) electrons. The van der Waals surface area contributed by atoms with Gasteiger partial charge in [-0.25, -0.2) is 0 Å². The second-order valence-corrected chi connectivity index (χ2v) is 1.14. The third-order valence-electron chi connectivity index (χ3n) is 0.558. The van der Waals surface area contributed by atoms with Crippen LogP contribution in [-0.4, -0.2) is 15.0 Å². The van der Waals surface area contributed by atoms with Crippen molar-refractivity contribution in [3.8, 4) is 0 Å². The van der Waals surface area contributed by atoms with Crippen molar-refractivity contribution in [2.24, 2.45) is 5.73 Å². The summed E-state index contributed by atoms with van der Waals surface area (Å²) in [5, 5.41) is 0. The average Bonchev–Trinajstić information content (AvgIpc) is 1.41. The minimum absolute atomic E-state index is 0. The molecule has 0 spiro atoms. The van der Waals surface area contributed by atoms with E-state index in [1.807, 2.05) is 0 Å². The van der Waals surface area contributed by atoms with Crippen LogP contribution in [0.3, 0.4) is 0 Å². The Morgan fingerprint density at radius 1 is 1.00 bits per heavy atom. The molecule has 0 aromatic rings. The predicted octanol–water partition coefficient (Wildman–Crippen LogP) is 0.974. The molecule has 0 atom stereocenters. The van der Waals surface area contributed by atoms with E-state index in [9.17, 15) is 0 Å². The molecule has 0 aliphatic rings. The van der Waals surface area contributed by atoms with E-state index in [0.29, 0.717) is 0 Å². The Morgan fingerprint density at radius 2 is 1.30 bits per heavy atom. The molecule has 0 bridgehead atoms. The highest BCUT2D eigenvalue weighted by Crippen LogP contribution is 1.77. The molecule has 6 heteroatoms. The maximum atomic E-state index is 5.14. The van der Waals surface area contributed by atoms with Crippen molar-refractivity contribution in [2.75, 3.05) is 6.54 Å². The van der Waals surface area contributed by atoms with Gasteiger partial charge in [0.25, 0.3) is 0 Å². The fourth-order valence-corrected chi connectivity index (χ4v) is 0.204. The van der Waals surface area contributed by atoms with Crippen LogP contribution in [0.25, 0.3) is 0 Å². The Morgan fingerprint density at radius 3 is 1.30 bits per heavy atom. The van der Waals surface area contributed by atoms with Gasteiger partial charge in [0.1, 0.15) is 0 Å². The van der Waals surface area contributed by atoms with Gasteiger partial charge in [0.2, 0.25) is 0 Å². The Hall–Kier alpha value is -0.255. The van der Waals surface area contributed by atoms with Gasteiger partial charge in [0.05, 0.1) is 0 Å². The van der Waals surface area contributed by atoms with Crippen LogP contribution in [0.1, 0.15) is 19.8 Å². The van der Waals surface area contributed by atoms with Crippen molar-refractivity contribution >= 4 is 8.41 Å². The molecule has 0 amide bonds. The van der Waals surface area contributed by atoms with Crippen LogP contribution in [0, 0.1) is 0 Å². The number of unbranched alkanes of at least 4 members (excludes halogenated alkanes) is 1. The molecule has 0 unspecified atom stereocenters. The van der Waals surface area contributed by atoms with Gasteiger partial charge in [-0.15, -0.1) is 0 Å². The van der Waals surface area contributed by atoms with Crippen LogP contribution in [0.2, 0.25) is 0 Å². The Kier molecular flexibility index (Phi) is 370. The summed E-state index contributed by atoms with van der Waals surface area (Å²) < 4.78 is 0. The zero-order valence-electron chi connectivity index (χ0n) is 5.91. The summed E-state index contributed by atoms with van der Waals surface area (Å²) in [4.78, 5) is 0. The van der Waals surface area contributed by atoms with E-state index >= 15 is 0 Å². The minimum atomic E-state index is 0. The monoisotopic (exact) mass is 164 g/mol. The minimum Gasteiger partial charge on any atom is -0.330 e. The summed E-state index contributed by atoms with van der Waals surface area (Å²) >= 11 is 0. The maximum absolute atomic E-state index is 5.14. The first-order valence-corrected chi connectivity index (χ1v) is 2.12. The highest BCUT2D eigenvalue weighted by atomic mass is 19.0. The normalized spacial score (nSPS) is 4.20. The lowest BCUT2D eigenvalue weighted by atomic mass is 10.3. The molecular formula is C4H15BF4N. The number of halogens is 4. The maximum Gasteiger partial charge on any atom is 0 e. The first kappa shape index (κ1) is 53.1. The SMILES string of the molecule is CCCCN.F.F.F.F.[B]. The van der Waals surface area contributed by atoms with Crippen LogP contribution >= 0.6 is 0 Å². The molecule has 1 nitrogen and oxygen atoms in total. The molecule has 67 valence electrons. The van der Waals surface area contributed by atoms with Gasteiger partial charge in [0, 0.05) is 8.41 Å². The van der Waals surface area contributed by atoms with Crippen molar-refractivity contribution in [1.82, 2.24) is 0 Å². The van der Waals surface area contributed by atoms with Crippen LogP contribution in [0.4, 0.5) is 18.8 Å². The second kappa shape index (κ2) is 69.6. The van der Waals surface area contributed by atoms with E-state index in [2.05, 4.69) is 6.92 Å². The average molecular weight is 164 g/mol. The van der Waals surface area contributed by atoms with Crippen LogP contribution in [-0.2, 0) is 0 Å². The fraction of sp³-hybridized carbons (Fsp3) is 1.00. The van der Waals surface area contributed by atoms with Crippen molar-refractivity contribution < 1.29 is 18.8 Å². The fourth-order valence-electron chi connectivity index (χ4n) is 0.204. The highest BCUT2D eigenvalue weighted by Gasteiger charge is 1.67. The van der Waals surface area contributed by atoms with Crippen LogP contribution in [0.15, 0.2) is 0 Å². The summed E-state index contributed by atoms with van der Waals surface area (Å²) in [5.41, 5.74) is 5.14. The standard InChI is InChI=1S/C4H11N.B.4FH/c1-2-3-4-5;;;;;/h2-5H2,1H3;;4*1H.